The summed E-state index contributed by atoms with van der Waals surface area (Å²) in [5.74, 6) is 0. The van der Waals surface area contributed by atoms with Crippen LogP contribution in [-0.2, 0) is 22.6 Å². The lowest BCUT2D eigenvalue weighted by atomic mass is 10.0. The molecule has 3 atom stereocenters. The Morgan fingerprint density at radius 2 is 2.22 bits per heavy atom. The summed E-state index contributed by atoms with van der Waals surface area (Å²) in [5, 5.41) is 3.21. The Hall–Kier alpha value is -1.34. The number of aromatic nitrogens is 2. The molecule has 2 aliphatic rings. The topological polar surface area (TPSA) is 47.5 Å². The lowest BCUT2D eigenvalue weighted by molar-refractivity contribution is -0.0819. The van der Waals surface area contributed by atoms with Crippen molar-refractivity contribution in [2.24, 2.45) is 0 Å². The van der Waals surface area contributed by atoms with E-state index in [2.05, 4.69) is 14.9 Å². The minimum atomic E-state index is 0.133. The van der Waals surface area contributed by atoms with Crippen molar-refractivity contribution in [1.29, 1.82) is 0 Å². The predicted molar refractivity (Wildman–Crippen MR) is 88.1 cm³/mol. The summed E-state index contributed by atoms with van der Waals surface area (Å²) in [4.78, 5) is 11.0. The Balaban J connectivity index is 1.42. The zero-order valence-electron chi connectivity index (χ0n) is 13.0. The van der Waals surface area contributed by atoms with Gasteiger partial charge >= 0.3 is 0 Å². The third-order valence-corrected chi connectivity index (χ3v) is 5.38. The first-order valence-electron chi connectivity index (χ1n) is 8.15. The fraction of sp³-hybridized carbons (Fsp3) is 0.529. The van der Waals surface area contributed by atoms with Crippen LogP contribution >= 0.6 is 11.3 Å². The van der Waals surface area contributed by atoms with Crippen LogP contribution in [0.25, 0.3) is 0 Å². The average molecular weight is 331 g/mol. The van der Waals surface area contributed by atoms with Gasteiger partial charge in [0.05, 0.1) is 19.3 Å². The molecule has 122 valence electrons. The van der Waals surface area contributed by atoms with E-state index >= 15 is 0 Å². The molecule has 0 N–H and O–H groups in total. The van der Waals surface area contributed by atoms with Crippen LogP contribution in [0.5, 0.6) is 0 Å². The maximum atomic E-state index is 6.20. The van der Waals surface area contributed by atoms with Gasteiger partial charge < -0.3 is 9.47 Å². The van der Waals surface area contributed by atoms with Gasteiger partial charge in [0.1, 0.15) is 11.1 Å². The minimum Gasteiger partial charge on any atom is -0.374 e. The van der Waals surface area contributed by atoms with Crippen LogP contribution in [0.15, 0.2) is 36.1 Å². The molecule has 0 amide bonds. The van der Waals surface area contributed by atoms with Gasteiger partial charge in [-0.15, -0.1) is 11.3 Å². The molecule has 2 fully saturated rings. The molecule has 2 aliphatic heterocycles. The molecule has 0 aromatic carbocycles. The molecule has 2 saturated heterocycles. The molecule has 0 bridgehead atoms. The maximum Gasteiger partial charge on any atom is 0.107 e. The fourth-order valence-electron chi connectivity index (χ4n) is 3.52. The predicted octanol–water partition coefficient (Wildman–Crippen LogP) is 2.49. The molecule has 0 unspecified atom stereocenters. The van der Waals surface area contributed by atoms with Gasteiger partial charge in [-0.25, -0.2) is 4.98 Å². The standard InChI is InChI=1S/C17H21N3O2S/c1-2-14-17(21-8-1)15(22-12-13-3-5-18-6-4-13)10-20(14)11-16-19-7-9-23-16/h3-7,9,14-15,17H,1-2,8,10-12H2/t14-,15+,17+/m0/s1. The summed E-state index contributed by atoms with van der Waals surface area (Å²) in [6, 6.07) is 4.46. The molecule has 0 aliphatic carbocycles. The van der Waals surface area contributed by atoms with Crippen LogP contribution in [0.1, 0.15) is 23.4 Å². The molecule has 0 spiro atoms. The van der Waals surface area contributed by atoms with Crippen molar-refractivity contribution in [1.82, 2.24) is 14.9 Å². The van der Waals surface area contributed by atoms with Gasteiger partial charge in [0.15, 0.2) is 0 Å². The number of hydrogen-bond donors (Lipinski definition) is 0. The number of nitrogens with zero attached hydrogens (tertiary/aromatic N) is 3. The van der Waals surface area contributed by atoms with Gasteiger partial charge in [-0.05, 0) is 30.5 Å². The lowest BCUT2D eigenvalue weighted by Crippen LogP contribution is -2.41. The fourth-order valence-corrected chi connectivity index (χ4v) is 4.16. The quantitative estimate of drug-likeness (QED) is 0.842. The van der Waals surface area contributed by atoms with Gasteiger partial charge in [0.2, 0.25) is 0 Å². The van der Waals surface area contributed by atoms with Crippen molar-refractivity contribution in [2.45, 2.75) is 44.2 Å². The van der Waals surface area contributed by atoms with Crippen molar-refractivity contribution >= 4 is 11.3 Å². The molecule has 23 heavy (non-hydrogen) atoms. The highest BCUT2D eigenvalue weighted by molar-refractivity contribution is 7.09. The number of hydrogen-bond acceptors (Lipinski definition) is 6. The maximum absolute atomic E-state index is 6.20. The van der Waals surface area contributed by atoms with Crippen molar-refractivity contribution in [3.63, 3.8) is 0 Å². The van der Waals surface area contributed by atoms with E-state index in [1.54, 1.807) is 11.3 Å². The monoisotopic (exact) mass is 331 g/mol. The first-order valence-corrected chi connectivity index (χ1v) is 9.02. The molecular formula is C17H21N3O2S. The van der Waals surface area contributed by atoms with Crippen LogP contribution in [-0.4, -0.2) is 46.3 Å². The lowest BCUT2D eigenvalue weighted by Gasteiger charge is -2.32. The second-order valence-electron chi connectivity index (χ2n) is 6.11. The van der Waals surface area contributed by atoms with Gasteiger partial charge in [-0.3, -0.25) is 9.88 Å². The van der Waals surface area contributed by atoms with Gasteiger partial charge in [0, 0.05) is 43.2 Å². The molecule has 0 saturated carbocycles. The Morgan fingerprint density at radius 1 is 1.30 bits per heavy atom. The van der Waals surface area contributed by atoms with E-state index in [0.717, 1.165) is 31.7 Å². The number of thiazole rings is 1. The number of rotatable bonds is 5. The third kappa shape index (κ3) is 3.45. The van der Waals surface area contributed by atoms with E-state index in [1.807, 2.05) is 36.1 Å². The summed E-state index contributed by atoms with van der Waals surface area (Å²) in [6.07, 6.45) is 8.13. The molecule has 2 aromatic heterocycles. The van der Waals surface area contributed by atoms with Crippen LogP contribution < -0.4 is 0 Å². The summed E-state index contributed by atoms with van der Waals surface area (Å²) >= 11 is 1.72. The Labute approximate surface area is 140 Å². The highest BCUT2D eigenvalue weighted by Gasteiger charge is 2.44. The first-order chi connectivity index (χ1) is 11.4. The zero-order valence-corrected chi connectivity index (χ0v) is 13.8. The summed E-state index contributed by atoms with van der Waals surface area (Å²) in [5.41, 5.74) is 1.16. The number of fused-ring (bicyclic) bond motifs is 1. The Kier molecular flexibility index (Phi) is 4.66. The number of ether oxygens (including phenoxy) is 2. The van der Waals surface area contributed by atoms with Crippen LogP contribution in [0.4, 0.5) is 0 Å². The second-order valence-corrected chi connectivity index (χ2v) is 7.08. The smallest absolute Gasteiger partial charge is 0.107 e. The zero-order chi connectivity index (χ0) is 15.5. The summed E-state index contributed by atoms with van der Waals surface area (Å²) in [7, 11) is 0. The molecule has 4 heterocycles. The van der Waals surface area contributed by atoms with Gasteiger partial charge in [-0.1, -0.05) is 0 Å². The van der Waals surface area contributed by atoms with Gasteiger partial charge in [-0.2, -0.15) is 0 Å². The highest BCUT2D eigenvalue weighted by Crippen LogP contribution is 2.32. The molecular weight excluding hydrogens is 310 g/mol. The van der Waals surface area contributed by atoms with Crippen molar-refractivity contribution < 1.29 is 9.47 Å². The Bertz CT molecular complexity index is 608. The molecule has 0 radical (unpaired) electrons. The van der Waals surface area contributed by atoms with E-state index < -0.39 is 0 Å². The largest absolute Gasteiger partial charge is 0.374 e. The SMILES string of the molecule is c1cc(CO[C@@H]2CN(Cc3nccs3)[C@H]3CCCO[C@@H]23)ccn1. The van der Waals surface area contributed by atoms with E-state index in [-0.39, 0.29) is 12.2 Å². The van der Waals surface area contributed by atoms with E-state index in [1.165, 1.54) is 11.4 Å². The second kappa shape index (κ2) is 7.05. The molecule has 4 rings (SSSR count). The van der Waals surface area contributed by atoms with E-state index in [4.69, 9.17) is 9.47 Å². The molecule has 6 heteroatoms. The van der Waals surface area contributed by atoms with Crippen molar-refractivity contribution in [3.8, 4) is 0 Å². The molecule has 5 nitrogen and oxygen atoms in total. The number of pyridine rings is 1. The number of likely N-dealkylation sites (tertiary alicyclic amines) is 1. The summed E-state index contributed by atoms with van der Waals surface area (Å²) in [6.45, 7) is 3.28. The van der Waals surface area contributed by atoms with Crippen LogP contribution in [0.3, 0.4) is 0 Å². The van der Waals surface area contributed by atoms with Crippen molar-refractivity contribution in [3.05, 3.63) is 46.7 Å². The van der Waals surface area contributed by atoms with Gasteiger partial charge in [0.25, 0.3) is 0 Å². The average Bonchev–Trinajstić information content (AvgIpc) is 3.23. The van der Waals surface area contributed by atoms with E-state index in [0.29, 0.717) is 12.6 Å². The normalized spacial score (nSPS) is 27.9. The van der Waals surface area contributed by atoms with Crippen molar-refractivity contribution in [2.75, 3.05) is 13.2 Å². The molecule has 2 aromatic rings. The third-order valence-electron chi connectivity index (χ3n) is 4.62. The van der Waals surface area contributed by atoms with Crippen LogP contribution in [0.2, 0.25) is 0 Å². The van der Waals surface area contributed by atoms with E-state index in [9.17, 15) is 0 Å². The minimum absolute atomic E-state index is 0.133. The van der Waals surface area contributed by atoms with Crippen LogP contribution in [0, 0.1) is 0 Å². The first kappa shape index (κ1) is 15.2. The highest BCUT2D eigenvalue weighted by atomic mass is 32.1. The summed E-state index contributed by atoms with van der Waals surface area (Å²) < 4.78 is 12.3. The Morgan fingerprint density at radius 3 is 3.04 bits per heavy atom.